The Hall–Kier alpha value is 2.09. The van der Waals surface area contributed by atoms with Crippen LogP contribution in [-0.4, -0.2) is 12.8 Å². The van der Waals surface area contributed by atoms with Gasteiger partial charge in [-0.25, -0.2) is 0 Å². The zero-order valence-corrected chi connectivity index (χ0v) is 9.72. The summed E-state index contributed by atoms with van der Waals surface area (Å²) in [6.07, 6.45) is 0. The van der Waals surface area contributed by atoms with Gasteiger partial charge in [0.2, 0.25) is 3.79 Å². The van der Waals surface area contributed by atoms with E-state index in [1.807, 2.05) is 0 Å². The molecule has 0 rings (SSSR count). The first-order valence-electron chi connectivity index (χ1n) is 1.95. The summed E-state index contributed by atoms with van der Waals surface area (Å²) in [6.45, 7) is 0. The smallest absolute Gasteiger partial charge is 0.149 e. The molecule has 1 atom stereocenters. The molecule has 0 saturated heterocycles. The molecule has 0 aromatic carbocycles. The second-order valence-electron chi connectivity index (χ2n) is 1.47. The van der Waals surface area contributed by atoms with Crippen LogP contribution in [0.15, 0.2) is 0 Å². The van der Waals surface area contributed by atoms with Gasteiger partial charge in [0.15, 0.2) is 4.21 Å². The molecule has 0 nitrogen and oxygen atoms in total. The van der Waals surface area contributed by atoms with Gasteiger partial charge in [-0.05, 0) is 0 Å². The van der Waals surface area contributed by atoms with Gasteiger partial charge < -0.3 is 0 Å². The summed E-state index contributed by atoms with van der Waals surface area (Å²) in [5, 5.41) is 0. The molecule has 0 fully saturated rings. The maximum Gasteiger partial charge on any atom is 0.220 e. The fourth-order valence-electron chi connectivity index (χ4n) is 0.124. The van der Waals surface area contributed by atoms with Crippen LogP contribution < -0.4 is 0 Å². The lowest BCUT2D eigenvalue weighted by molar-refractivity contribution is 0.885. The molecule has 0 aliphatic heterocycles. The molecule has 0 aromatic heterocycles. The normalized spacial score (nSPS) is 19.2. The molecular weight excluding hydrogens is 281 g/mol. The van der Waals surface area contributed by atoms with E-state index in [0.29, 0.717) is 0 Å². The van der Waals surface area contributed by atoms with Crippen molar-refractivity contribution in [2.75, 3.05) is 0 Å². The molecular formula is C3H2Cl6S. The Morgan fingerprint density at radius 2 is 1.30 bits per heavy atom. The Morgan fingerprint density at radius 3 is 1.30 bits per heavy atom. The van der Waals surface area contributed by atoms with Crippen molar-refractivity contribution in [3.05, 3.63) is 0 Å². The summed E-state index contributed by atoms with van der Waals surface area (Å²) < 4.78 is -3.37. The van der Waals surface area contributed by atoms with Crippen molar-refractivity contribution in [1.29, 1.82) is 0 Å². The zero-order chi connectivity index (χ0) is 8.58. The van der Waals surface area contributed by atoms with Gasteiger partial charge in [0, 0.05) is 0 Å². The van der Waals surface area contributed by atoms with Crippen LogP contribution in [0.25, 0.3) is 0 Å². The first-order chi connectivity index (χ1) is 4.19. The molecule has 0 aromatic rings. The third-order valence-electron chi connectivity index (χ3n) is 0.687. The second kappa shape index (κ2) is 3.87. The van der Waals surface area contributed by atoms with Crippen LogP contribution in [-0.2, 0) is 0 Å². The molecule has 10 heavy (non-hydrogen) atoms. The standard InChI is InChI=1S/C3H2Cl6S/c4-1(5)2(6,10)3(7,8)9/h1,10H. The van der Waals surface area contributed by atoms with Gasteiger partial charge in [0.05, 0.1) is 0 Å². The zero-order valence-electron chi connectivity index (χ0n) is 4.29. The van der Waals surface area contributed by atoms with E-state index in [-0.39, 0.29) is 0 Å². The Kier molecular flexibility index (Phi) is 4.67. The predicted molar refractivity (Wildman–Crippen MR) is 53.4 cm³/mol. The summed E-state index contributed by atoms with van der Waals surface area (Å²) >= 11 is 36.2. The van der Waals surface area contributed by atoms with E-state index < -0.39 is 12.8 Å². The maximum absolute atomic E-state index is 5.55. The SMILES string of the molecule is SC(Cl)(C(Cl)Cl)C(Cl)(Cl)Cl. The largest absolute Gasteiger partial charge is 0.220 e. The average Bonchev–Trinajstić information content (AvgIpc) is 1.62. The summed E-state index contributed by atoms with van der Waals surface area (Å²) in [5.74, 6) is 0. The minimum absolute atomic E-state index is 1.06. The van der Waals surface area contributed by atoms with E-state index in [1.165, 1.54) is 0 Å². The van der Waals surface area contributed by atoms with E-state index in [2.05, 4.69) is 12.6 Å². The number of halogens is 6. The van der Waals surface area contributed by atoms with E-state index >= 15 is 0 Å². The van der Waals surface area contributed by atoms with E-state index in [1.54, 1.807) is 0 Å². The Labute approximate surface area is 94.4 Å². The Morgan fingerprint density at radius 1 is 1.00 bits per heavy atom. The van der Waals surface area contributed by atoms with Gasteiger partial charge in [-0.15, -0.1) is 35.8 Å². The summed E-state index contributed by atoms with van der Waals surface area (Å²) in [4.78, 5) is -1.06. The van der Waals surface area contributed by atoms with E-state index in [4.69, 9.17) is 69.6 Å². The highest BCUT2D eigenvalue weighted by atomic mass is 35.6. The first-order valence-corrected chi connectivity index (χ1v) is 4.79. The molecule has 1 unspecified atom stereocenters. The Balaban J connectivity index is 4.40. The van der Waals surface area contributed by atoms with Crippen molar-refractivity contribution >= 4 is 82.2 Å². The van der Waals surface area contributed by atoms with Crippen molar-refractivity contribution in [1.82, 2.24) is 0 Å². The van der Waals surface area contributed by atoms with Crippen molar-refractivity contribution in [3.63, 3.8) is 0 Å². The third-order valence-corrected chi connectivity index (χ3v) is 4.54. The van der Waals surface area contributed by atoms with Gasteiger partial charge in [0.1, 0.15) is 4.84 Å². The van der Waals surface area contributed by atoms with Crippen LogP contribution in [0.4, 0.5) is 0 Å². The Bertz CT molecular complexity index is 115. The van der Waals surface area contributed by atoms with Crippen molar-refractivity contribution in [2.24, 2.45) is 0 Å². The minimum atomic E-state index is -1.80. The highest BCUT2D eigenvalue weighted by Gasteiger charge is 2.49. The van der Waals surface area contributed by atoms with Crippen molar-refractivity contribution in [3.8, 4) is 0 Å². The highest BCUT2D eigenvalue weighted by molar-refractivity contribution is 7.84. The fraction of sp³-hybridized carbons (Fsp3) is 1.00. The molecule has 62 valence electrons. The number of alkyl halides is 6. The van der Waals surface area contributed by atoms with Gasteiger partial charge in [-0.1, -0.05) is 46.4 Å². The molecule has 0 aliphatic rings. The number of rotatable bonds is 1. The maximum atomic E-state index is 5.55. The first kappa shape index (κ1) is 12.1. The molecule has 0 saturated carbocycles. The lowest BCUT2D eigenvalue weighted by Gasteiger charge is -2.29. The van der Waals surface area contributed by atoms with Crippen LogP contribution in [0.3, 0.4) is 0 Å². The summed E-state index contributed by atoms with van der Waals surface area (Å²) in [7, 11) is 0. The third kappa shape index (κ3) is 2.85. The predicted octanol–water partition coefficient (Wildman–Crippen LogP) is 4.03. The van der Waals surface area contributed by atoms with E-state index in [0.717, 1.165) is 0 Å². The van der Waals surface area contributed by atoms with Gasteiger partial charge >= 0.3 is 0 Å². The summed E-state index contributed by atoms with van der Waals surface area (Å²) in [6, 6.07) is 0. The number of hydrogen-bond donors (Lipinski definition) is 1. The van der Waals surface area contributed by atoms with Crippen LogP contribution in [0.1, 0.15) is 0 Å². The monoisotopic (exact) mass is 280 g/mol. The summed E-state index contributed by atoms with van der Waals surface area (Å²) in [5.41, 5.74) is 0. The molecule has 0 amide bonds. The van der Waals surface area contributed by atoms with Gasteiger partial charge in [-0.3, -0.25) is 0 Å². The van der Waals surface area contributed by atoms with Crippen LogP contribution in [0, 0.1) is 0 Å². The molecule has 0 aliphatic carbocycles. The minimum Gasteiger partial charge on any atom is -0.149 e. The molecule has 0 bridgehead atoms. The van der Waals surface area contributed by atoms with Crippen molar-refractivity contribution < 1.29 is 0 Å². The quantitative estimate of drug-likeness (QED) is 0.545. The lowest BCUT2D eigenvalue weighted by Crippen LogP contribution is -2.37. The molecule has 0 spiro atoms. The second-order valence-corrected chi connectivity index (χ2v) is 6.41. The van der Waals surface area contributed by atoms with Gasteiger partial charge in [-0.2, -0.15) is 0 Å². The average molecular weight is 283 g/mol. The number of thiol groups is 1. The molecule has 0 radical (unpaired) electrons. The fourth-order valence-corrected chi connectivity index (χ4v) is 1.11. The van der Waals surface area contributed by atoms with Crippen LogP contribution in [0.5, 0.6) is 0 Å². The van der Waals surface area contributed by atoms with Gasteiger partial charge in [0.25, 0.3) is 0 Å². The number of hydrogen-bond acceptors (Lipinski definition) is 1. The highest BCUT2D eigenvalue weighted by Crippen LogP contribution is 2.50. The molecule has 0 heterocycles. The van der Waals surface area contributed by atoms with E-state index in [9.17, 15) is 0 Å². The van der Waals surface area contributed by atoms with Crippen LogP contribution >= 0.6 is 82.2 Å². The van der Waals surface area contributed by atoms with Crippen molar-refractivity contribution in [2.45, 2.75) is 12.8 Å². The van der Waals surface area contributed by atoms with Crippen LogP contribution in [0.2, 0.25) is 0 Å². The molecule has 7 heteroatoms. The lowest BCUT2D eigenvalue weighted by atomic mass is 10.5. The topological polar surface area (TPSA) is 0 Å². The molecule has 0 N–H and O–H groups in total.